The summed E-state index contributed by atoms with van der Waals surface area (Å²) in [4.78, 5) is 35.3. The van der Waals surface area contributed by atoms with Crippen LogP contribution in [-0.4, -0.2) is 39.2 Å². The normalized spacial score (nSPS) is 10.6. The SMILES string of the molecule is Cc1ccc(C)n1-c1cc(C(=O)NCCc2cccc(C(=O)O)c2)ccc1C(=O)O. The van der Waals surface area contributed by atoms with Gasteiger partial charge in [-0.2, -0.15) is 0 Å². The van der Waals surface area contributed by atoms with Gasteiger partial charge in [0, 0.05) is 23.5 Å². The molecule has 1 heterocycles. The van der Waals surface area contributed by atoms with Gasteiger partial charge in [0.1, 0.15) is 0 Å². The maximum atomic E-state index is 12.6. The molecular formula is C23H22N2O5. The number of carboxylic acids is 2. The number of benzene rings is 2. The Morgan fingerprint density at radius 1 is 0.867 bits per heavy atom. The molecule has 0 aliphatic heterocycles. The number of nitrogens with one attached hydrogen (secondary N) is 1. The van der Waals surface area contributed by atoms with Crippen LogP contribution in [0.2, 0.25) is 0 Å². The standard InChI is InChI=1S/C23H22N2O5/c1-14-6-7-15(2)25(14)20-13-17(8-9-19(20)23(29)30)21(26)24-11-10-16-4-3-5-18(12-16)22(27)28/h3-9,12-13H,10-11H2,1-2H3,(H,24,26)(H,27,28)(H,29,30). The summed E-state index contributed by atoms with van der Waals surface area (Å²) in [6, 6.07) is 14.8. The fourth-order valence-corrected chi connectivity index (χ4v) is 3.37. The molecule has 2 aromatic carbocycles. The molecule has 154 valence electrons. The molecule has 0 fully saturated rings. The largest absolute Gasteiger partial charge is 0.478 e. The van der Waals surface area contributed by atoms with Crippen LogP contribution in [0.15, 0.2) is 54.6 Å². The van der Waals surface area contributed by atoms with Gasteiger partial charge in [-0.05, 0) is 68.3 Å². The van der Waals surface area contributed by atoms with E-state index in [4.69, 9.17) is 5.11 Å². The van der Waals surface area contributed by atoms with E-state index < -0.39 is 11.9 Å². The molecule has 0 saturated carbocycles. The van der Waals surface area contributed by atoms with E-state index >= 15 is 0 Å². The average molecular weight is 406 g/mol. The number of rotatable bonds is 7. The second-order valence-corrected chi connectivity index (χ2v) is 7.00. The molecule has 3 rings (SSSR count). The monoisotopic (exact) mass is 406 g/mol. The number of nitrogens with zero attached hydrogens (tertiary/aromatic N) is 1. The topological polar surface area (TPSA) is 109 Å². The Hall–Kier alpha value is -3.87. The summed E-state index contributed by atoms with van der Waals surface area (Å²) in [7, 11) is 0. The maximum absolute atomic E-state index is 12.6. The molecule has 0 bridgehead atoms. The smallest absolute Gasteiger partial charge is 0.337 e. The van der Waals surface area contributed by atoms with E-state index in [1.807, 2.05) is 26.0 Å². The predicted octanol–water partition coefficient (Wildman–Crippen LogP) is 3.46. The Morgan fingerprint density at radius 2 is 1.57 bits per heavy atom. The lowest BCUT2D eigenvalue weighted by atomic mass is 10.1. The first kappa shape index (κ1) is 20.9. The van der Waals surface area contributed by atoms with Gasteiger partial charge in [-0.1, -0.05) is 12.1 Å². The Bertz CT molecular complexity index is 1110. The number of aryl methyl sites for hydroxylation is 2. The van der Waals surface area contributed by atoms with Gasteiger partial charge in [-0.25, -0.2) is 9.59 Å². The van der Waals surface area contributed by atoms with E-state index in [9.17, 15) is 19.5 Å². The highest BCUT2D eigenvalue weighted by atomic mass is 16.4. The van der Waals surface area contributed by atoms with Crippen molar-refractivity contribution < 1.29 is 24.6 Å². The van der Waals surface area contributed by atoms with Gasteiger partial charge in [-0.15, -0.1) is 0 Å². The van der Waals surface area contributed by atoms with Gasteiger partial charge in [0.2, 0.25) is 0 Å². The molecule has 1 aromatic heterocycles. The second-order valence-electron chi connectivity index (χ2n) is 7.00. The quantitative estimate of drug-likeness (QED) is 0.557. The number of carbonyl (C=O) groups excluding carboxylic acids is 1. The molecule has 0 spiro atoms. The molecule has 0 radical (unpaired) electrons. The van der Waals surface area contributed by atoms with E-state index in [1.54, 1.807) is 28.8 Å². The van der Waals surface area contributed by atoms with Crippen LogP contribution in [0, 0.1) is 13.8 Å². The van der Waals surface area contributed by atoms with Crippen LogP contribution < -0.4 is 5.32 Å². The summed E-state index contributed by atoms with van der Waals surface area (Å²) >= 11 is 0. The minimum atomic E-state index is -1.07. The number of hydrogen-bond donors (Lipinski definition) is 3. The number of carboxylic acid groups (broad SMARTS) is 2. The Kier molecular flexibility index (Phi) is 6.01. The van der Waals surface area contributed by atoms with Crippen LogP contribution >= 0.6 is 0 Å². The fourth-order valence-electron chi connectivity index (χ4n) is 3.37. The van der Waals surface area contributed by atoms with Crippen LogP contribution in [0.25, 0.3) is 5.69 Å². The van der Waals surface area contributed by atoms with E-state index in [0.717, 1.165) is 17.0 Å². The maximum Gasteiger partial charge on any atom is 0.337 e. The van der Waals surface area contributed by atoms with Gasteiger partial charge < -0.3 is 20.1 Å². The third kappa shape index (κ3) is 4.41. The number of hydrogen-bond acceptors (Lipinski definition) is 3. The first-order valence-electron chi connectivity index (χ1n) is 9.41. The first-order chi connectivity index (χ1) is 14.3. The first-order valence-corrected chi connectivity index (χ1v) is 9.41. The highest BCUT2D eigenvalue weighted by molar-refractivity contribution is 5.98. The van der Waals surface area contributed by atoms with Crippen molar-refractivity contribution in [1.82, 2.24) is 9.88 Å². The van der Waals surface area contributed by atoms with Crippen molar-refractivity contribution in [2.75, 3.05) is 6.54 Å². The highest BCUT2D eigenvalue weighted by Gasteiger charge is 2.17. The van der Waals surface area contributed by atoms with Crippen molar-refractivity contribution >= 4 is 17.8 Å². The number of aromatic nitrogens is 1. The van der Waals surface area contributed by atoms with Crippen molar-refractivity contribution in [1.29, 1.82) is 0 Å². The summed E-state index contributed by atoms with van der Waals surface area (Å²) < 4.78 is 1.80. The minimum Gasteiger partial charge on any atom is -0.478 e. The van der Waals surface area contributed by atoms with Crippen molar-refractivity contribution in [3.05, 3.63) is 88.2 Å². The minimum absolute atomic E-state index is 0.111. The van der Waals surface area contributed by atoms with Crippen molar-refractivity contribution in [3.63, 3.8) is 0 Å². The van der Waals surface area contributed by atoms with E-state index in [0.29, 0.717) is 24.2 Å². The number of aromatic carboxylic acids is 2. The van der Waals surface area contributed by atoms with Gasteiger partial charge in [0.05, 0.1) is 16.8 Å². The zero-order valence-electron chi connectivity index (χ0n) is 16.7. The molecule has 7 nitrogen and oxygen atoms in total. The van der Waals surface area contributed by atoms with Crippen molar-refractivity contribution in [2.45, 2.75) is 20.3 Å². The second kappa shape index (κ2) is 8.65. The summed E-state index contributed by atoms with van der Waals surface area (Å²) in [5, 5.41) is 21.4. The van der Waals surface area contributed by atoms with Crippen molar-refractivity contribution in [2.24, 2.45) is 0 Å². The lowest BCUT2D eigenvalue weighted by Crippen LogP contribution is -2.26. The summed E-state index contributed by atoms with van der Waals surface area (Å²) in [5.41, 5.74) is 3.63. The highest BCUT2D eigenvalue weighted by Crippen LogP contribution is 2.22. The molecule has 0 saturated heterocycles. The third-order valence-corrected chi connectivity index (χ3v) is 4.88. The molecule has 0 aliphatic carbocycles. The molecule has 1 amide bonds. The Balaban J connectivity index is 1.78. The molecule has 0 aliphatic rings. The Labute approximate surface area is 173 Å². The summed E-state index contributed by atoms with van der Waals surface area (Å²) in [6.07, 6.45) is 0.475. The molecule has 3 aromatic rings. The molecular weight excluding hydrogens is 384 g/mol. The molecule has 0 unspecified atom stereocenters. The zero-order valence-corrected chi connectivity index (χ0v) is 16.7. The summed E-state index contributed by atoms with van der Waals surface area (Å²) in [6.45, 7) is 4.06. The van der Waals surface area contributed by atoms with Gasteiger partial charge in [0.25, 0.3) is 5.91 Å². The number of carbonyl (C=O) groups is 3. The lowest BCUT2D eigenvalue weighted by Gasteiger charge is -2.14. The molecule has 3 N–H and O–H groups in total. The predicted molar refractivity (Wildman–Crippen MR) is 112 cm³/mol. The molecule has 7 heteroatoms. The average Bonchev–Trinajstić information content (AvgIpc) is 3.05. The van der Waals surface area contributed by atoms with Gasteiger partial charge in [-0.3, -0.25) is 4.79 Å². The van der Waals surface area contributed by atoms with Crippen LogP contribution in [0.4, 0.5) is 0 Å². The summed E-state index contributed by atoms with van der Waals surface area (Å²) in [5.74, 6) is -2.39. The lowest BCUT2D eigenvalue weighted by molar-refractivity contribution is 0.0686. The zero-order chi connectivity index (χ0) is 21.8. The van der Waals surface area contributed by atoms with Gasteiger partial charge in [0.15, 0.2) is 0 Å². The van der Waals surface area contributed by atoms with E-state index in [1.165, 1.54) is 18.2 Å². The third-order valence-electron chi connectivity index (χ3n) is 4.88. The molecule has 30 heavy (non-hydrogen) atoms. The van der Waals surface area contributed by atoms with Crippen LogP contribution in [0.3, 0.4) is 0 Å². The van der Waals surface area contributed by atoms with Gasteiger partial charge >= 0.3 is 11.9 Å². The Morgan fingerprint density at radius 3 is 2.20 bits per heavy atom. The fraction of sp³-hybridized carbons (Fsp3) is 0.174. The van der Waals surface area contributed by atoms with E-state index in [2.05, 4.69) is 5.32 Å². The van der Waals surface area contributed by atoms with Crippen LogP contribution in [0.5, 0.6) is 0 Å². The van der Waals surface area contributed by atoms with E-state index in [-0.39, 0.29) is 17.0 Å². The van der Waals surface area contributed by atoms with Crippen molar-refractivity contribution in [3.8, 4) is 5.69 Å². The number of amides is 1. The van der Waals surface area contributed by atoms with Crippen LogP contribution in [-0.2, 0) is 6.42 Å². The van der Waals surface area contributed by atoms with Crippen LogP contribution in [0.1, 0.15) is 48.0 Å². The molecule has 0 atom stereocenters.